The summed E-state index contributed by atoms with van der Waals surface area (Å²) in [7, 11) is 2.23. The molecule has 172 valence electrons. The van der Waals surface area contributed by atoms with E-state index in [9.17, 15) is 9.90 Å². The van der Waals surface area contributed by atoms with Crippen LogP contribution < -0.4 is 10.3 Å². The number of benzene rings is 1. The second-order valence-corrected chi connectivity index (χ2v) is 10.4. The lowest BCUT2D eigenvalue weighted by molar-refractivity contribution is 0.0662. The number of hydrogen-bond donors (Lipinski definition) is 1. The van der Waals surface area contributed by atoms with Crippen molar-refractivity contribution in [3.05, 3.63) is 51.9 Å². The van der Waals surface area contributed by atoms with Gasteiger partial charge >= 0.3 is 0 Å². The highest BCUT2D eigenvalue weighted by atomic mass is 32.1. The Kier molecular flexibility index (Phi) is 5.77. The van der Waals surface area contributed by atoms with Gasteiger partial charge < -0.3 is 14.7 Å². The fourth-order valence-corrected chi connectivity index (χ4v) is 5.67. The Morgan fingerprint density at radius 3 is 2.61 bits per heavy atom. The molecular weight excluding hydrogens is 434 g/mol. The summed E-state index contributed by atoms with van der Waals surface area (Å²) in [4.78, 5) is 20.8. The molecule has 2 bridgehead atoms. The number of nitrogens with zero attached hydrogens (tertiary/aromatic N) is 3. The topological polar surface area (TPSA) is 67.6 Å². The highest BCUT2D eigenvalue weighted by molar-refractivity contribution is 7.19. The van der Waals surface area contributed by atoms with Gasteiger partial charge in [0.25, 0.3) is 5.56 Å². The first-order valence-corrected chi connectivity index (χ1v) is 12.4. The minimum absolute atomic E-state index is 0.124. The van der Waals surface area contributed by atoms with Gasteiger partial charge in [-0.15, -0.1) is 11.3 Å². The van der Waals surface area contributed by atoms with Crippen LogP contribution >= 0.6 is 11.3 Å². The molecule has 7 heteroatoms. The molecule has 2 aliphatic heterocycles. The van der Waals surface area contributed by atoms with Gasteiger partial charge in [-0.1, -0.05) is 18.8 Å². The first-order chi connectivity index (χ1) is 15.8. The molecule has 4 heterocycles. The molecule has 3 aromatic rings. The number of aromatic nitrogens is 2. The monoisotopic (exact) mass is 463 g/mol. The van der Waals surface area contributed by atoms with Crippen molar-refractivity contribution in [1.29, 1.82) is 0 Å². The third kappa shape index (κ3) is 4.43. The molecule has 2 unspecified atom stereocenters. The van der Waals surface area contributed by atoms with Crippen LogP contribution in [-0.2, 0) is 0 Å². The van der Waals surface area contributed by atoms with Gasteiger partial charge in [-0.3, -0.25) is 9.36 Å². The molecule has 2 aromatic heterocycles. The predicted molar refractivity (Wildman–Crippen MR) is 131 cm³/mol. The number of ether oxygens (including phenoxy) is 1. The second-order valence-electron chi connectivity index (χ2n) is 9.38. The molecule has 1 N–H and O–H groups in total. The number of piperidine rings is 1. The van der Waals surface area contributed by atoms with Crippen LogP contribution in [0.2, 0.25) is 0 Å². The van der Waals surface area contributed by atoms with Gasteiger partial charge in [0.15, 0.2) is 0 Å². The molecule has 6 nitrogen and oxygen atoms in total. The van der Waals surface area contributed by atoms with E-state index in [2.05, 4.69) is 28.8 Å². The van der Waals surface area contributed by atoms with Crippen molar-refractivity contribution in [1.82, 2.24) is 14.5 Å². The SMILES string of the molecule is CCC(C)(O)C#Cc1cc2ncn(-c3ccc(OC4C[C@H]5CC[C@@H](C4)N5C)cc3)c(=O)c2s1. The van der Waals surface area contributed by atoms with E-state index < -0.39 is 5.60 Å². The van der Waals surface area contributed by atoms with E-state index in [0.29, 0.717) is 28.7 Å². The second kappa shape index (κ2) is 8.60. The molecule has 1 aromatic carbocycles. The first-order valence-electron chi connectivity index (χ1n) is 11.6. The Morgan fingerprint density at radius 1 is 1.24 bits per heavy atom. The van der Waals surface area contributed by atoms with Gasteiger partial charge in [0, 0.05) is 12.1 Å². The zero-order valence-electron chi connectivity index (χ0n) is 19.2. The fraction of sp³-hybridized carbons (Fsp3) is 0.462. The molecule has 33 heavy (non-hydrogen) atoms. The third-order valence-corrected chi connectivity index (χ3v) is 8.08. The van der Waals surface area contributed by atoms with E-state index in [1.807, 2.05) is 31.2 Å². The number of thiophene rings is 1. The maximum atomic E-state index is 13.1. The normalized spacial score (nSPS) is 24.3. The van der Waals surface area contributed by atoms with Crippen molar-refractivity contribution in [2.75, 3.05) is 7.05 Å². The van der Waals surface area contributed by atoms with Crippen molar-refractivity contribution in [3.8, 4) is 23.3 Å². The number of fused-ring (bicyclic) bond motifs is 3. The number of rotatable bonds is 4. The van der Waals surface area contributed by atoms with E-state index in [4.69, 9.17) is 4.74 Å². The van der Waals surface area contributed by atoms with E-state index in [1.165, 1.54) is 24.2 Å². The predicted octanol–water partition coefficient (Wildman–Crippen LogP) is 3.96. The van der Waals surface area contributed by atoms with Crippen LogP contribution in [0.15, 0.2) is 41.5 Å². The largest absolute Gasteiger partial charge is 0.490 e. The van der Waals surface area contributed by atoms with Gasteiger partial charge in [-0.05, 0) is 76.4 Å². The van der Waals surface area contributed by atoms with Crippen molar-refractivity contribution >= 4 is 21.6 Å². The fourth-order valence-electron chi connectivity index (χ4n) is 4.78. The number of hydrogen-bond acceptors (Lipinski definition) is 6. The standard InChI is InChI=1S/C26H29N3O3S/c1-4-26(2,31)12-11-22-15-23-24(33-22)25(30)29(16-27-23)17-7-9-20(10-8-17)32-21-13-18-5-6-19(14-21)28(18)3/h7-10,15-16,18-19,21,31H,4-6,13-14H2,1-3H3/t18-,19+,21?,26?. The molecule has 2 aliphatic rings. The smallest absolute Gasteiger partial charge is 0.275 e. The molecular formula is C26H29N3O3S. The molecule has 0 saturated carbocycles. The highest BCUT2D eigenvalue weighted by Crippen LogP contribution is 2.36. The van der Waals surface area contributed by atoms with Gasteiger partial charge in [0.05, 0.1) is 16.1 Å². The van der Waals surface area contributed by atoms with Crippen LogP contribution in [0.4, 0.5) is 0 Å². The Labute approximate surface area is 197 Å². The molecule has 5 rings (SSSR count). The van der Waals surface area contributed by atoms with Gasteiger partial charge in [0.2, 0.25) is 0 Å². The van der Waals surface area contributed by atoms with Crippen LogP contribution in [0.3, 0.4) is 0 Å². The Hall–Kier alpha value is -2.66. The average Bonchev–Trinajstić information content (AvgIpc) is 3.30. The summed E-state index contributed by atoms with van der Waals surface area (Å²) in [6.45, 7) is 3.57. The van der Waals surface area contributed by atoms with Crippen LogP contribution in [-0.4, -0.2) is 50.4 Å². The summed E-state index contributed by atoms with van der Waals surface area (Å²) >= 11 is 1.31. The number of aliphatic hydroxyl groups is 1. The zero-order chi connectivity index (χ0) is 23.2. The third-order valence-electron chi connectivity index (χ3n) is 7.05. The van der Waals surface area contributed by atoms with Crippen LogP contribution in [0, 0.1) is 11.8 Å². The van der Waals surface area contributed by atoms with Crippen LogP contribution in [0.5, 0.6) is 5.75 Å². The quantitative estimate of drug-likeness (QED) is 0.593. The average molecular weight is 464 g/mol. The van der Waals surface area contributed by atoms with Crippen molar-refractivity contribution < 1.29 is 9.84 Å². The highest BCUT2D eigenvalue weighted by Gasteiger charge is 2.39. The minimum Gasteiger partial charge on any atom is -0.490 e. The van der Waals surface area contributed by atoms with Crippen molar-refractivity contribution in [3.63, 3.8) is 0 Å². The Morgan fingerprint density at radius 2 is 1.94 bits per heavy atom. The molecule has 0 spiro atoms. The molecule has 4 atom stereocenters. The van der Waals surface area contributed by atoms with Crippen molar-refractivity contribution in [2.24, 2.45) is 0 Å². The minimum atomic E-state index is -1.04. The summed E-state index contributed by atoms with van der Waals surface area (Å²) < 4.78 is 8.39. The molecule has 0 aliphatic carbocycles. The maximum Gasteiger partial charge on any atom is 0.275 e. The van der Waals surface area contributed by atoms with Crippen molar-refractivity contribution in [2.45, 2.75) is 69.7 Å². The molecule has 2 saturated heterocycles. The lowest BCUT2D eigenvalue weighted by Crippen LogP contribution is -2.43. The van der Waals surface area contributed by atoms with Gasteiger partial charge in [-0.25, -0.2) is 4.98 Å². The van der Waals surface area contributed by atoms with E-state index in [-0.39, 0.29) is 11.7 Å². The molecule has 2 fully saturated rings. The first kappa shape index (κ1) is 22.1. The molecule has 0 amide bonds. The van der Waals surface area contributed by atoms with E-state index in [1.54, 1.807) is 23.9 Å². The summed E-state index contributed by atoms with van der Waals surface area (Å²) in [6, 6.07) is 10.8. The lowest BCUT2D eigenvalue weighted by atomic mass is 10.0. The van der Waals surface area contributed by atoms with E-state index in [0.717, 1.165) is 29.2 Å². The zero-order valence-corrected chi connectivity index (χ0v) is 20.1. The van der Waals surface area contributed by atoms with Gasteiger partial charge in [0.1, 0.15) is 28.5 Å². The Balaban J connectivity index is 1.35. The maximum absolute atomic E-state index is 13.1. The van der Waals surface area contributed by atoms with E-state index >= 15 is 0 Å². The summed E-state index contributed by atoms with van der Waals surface area (Å²) in [6.07, 6.45) is 7.04. The lowest BCUT2D eigenvalue weighted by Gasteiger charge is -2.36. The summed E-state index contributed by atoms with van der Waals surface area (Å²) in [5.41, 5.74) is 0.209. The van der Waals surface area contributed by atoms with Crippen LogP contribution in [0.1, 0.15) is 50.8 Å². The summed E-state index contributed by atoms with van der Waals surface area (Å²) in [5.74, 6) is 6.69. The Bertz CT molecular complexity index is 1270. The summed E-state index contributed by atoms with van der Waals surface area (Å²) in [5, 5.41) is 10.1. The molecule has 0 radical (unpaired) electrons. The van der Waals surface area contributed by atoms with Gasteiger partial charge in [-0.2, -0.15) is 0 Å². The van der Waals surface area contributed by atoms with Crippen LogP contribution in [0.25, 0.3) is 15.9 Å².